The summed E-state index contributed by atoms with van der Waals surface area (Å²) < 4.78 is 28.3. The third-order valence-electron chi connectivity index (χ3n) is 3.95. The van der Waals surface area contributed by atoms with Gasteiger partial charge in [0.2, 0.25) is 0 Å². The molecule has 1 aliphatic heterocycles. The molecule has 0 spiro atoms. The average Bonchev–Trinajstić information content (AvgIpc) is 2.94. The summed E-state index contributed by atoms with van der Waals surface area (Å²) in [5, 5.41) is 5.92. The first-order valence-electron chi connectivity index (χ1n) is 7.84. The number of benzene rings is 1. The molecule has 1 amide bonds. The Kier molecular flexibility index (Phi) is 4.89. The molecule has 0 bridgehead atoms. The maximum Gasteiger partial charge on any atom is 0.274 e. The van der Waals surface area contributed by atoms with E-state index in [0.29, 0.717) is 23.5 Å². The van der Waals surface area contributed by atoms with Crippen LogP contribution in [-0.4, -0.2) is 44.0 Å². The summed E-state index contributed by atoms with van der Waals surface area (Å²) >= 11 is 0. The summed E-state index contributed by atoms with van der Waals surface area (Å²) in [6, 6.07) is 10.3. The van der Waals surface area contributed by atoms with E-state index in [4.69, 9.17) is 4.74 Å². The highest BCUT2D eigenvalue weighted by Crippen LogP contribution is 2.24. The zero-order valence-corrected chi connectivity index (χ0v) is 14.5. The molecule has 1 aromatic heterocycles. The molecular formula is C17H19N3O4S. The van der Waals surface area contributed by atoms with E-state index in [1.807, 2.05) is 6.07 Å². The van der Waals surface area contributed by atoms with E-state index in [1.54, 1.807) is 30.3 Å². The molecule has 7 nitrogen and oxygen atoms in total. The smallest absolute Gasteiger partial charge is 0.274 e. The first-order chi connectivity index (χ1) is 12.0. The predicted octanol–water partition coefficient (Wildman–Crippen LogP) is 1.94. The SMILES string of the molecule is COc1ccccc1NC(=O)c1cc(NC2CCS(=O)(=O)C2)ccn1. The van der Waals surface area contributed by atoms with Crippen molar-refractivity contribution in [1.82, 2.24) is 4.98 Å². The van der Waals surface area contributed by atoms with E-state index < -0.39 is 9.84 Å². The lowest BCUT2D eigenvalue weighted by molar-refractivity contribution is 0.102. The number of sulfone groups is 1. The lowest BCUT2D eigenvalue weighted by Crippen LogP contribution is -2.21. The van der Waals surface area contributed by atoms with Gasteiger partial charge in [0.05, 0.1) is 24.3 Å². The van der Waals surface area contributed by atoms with Crippen molar-refractivity contribution < 1.29 is 17.9 Å². The highest BCUT2D eigenvalue weighted by molar-refractivity contribution is 7.91. The number of methoxy groups -OCH3 is 1. The van der Waals surface area contributed by atoms with Crippen molar-refractivity contribution >= 4 is 27.1 Å². The van der Waals surface area contributed by atoms with Gasteiger partial charge in [-0.3, -0.25) is 9.78 Å². The molecule has 132 valence electrons. The fourth-order valence-corrected chi connectivity index (χ4v) is 4.40. The number of rotatable bonds is 5. The van der Waals surface area contributed by atoms with Crippen molar-refractivity contribution in [2.75, 3.05) is 29.2 Å². The highest BCUT2D eigenvalue weighted by atomic mass is 32.2. The molecular weight excluding hydrogens is 342 g/mol. The molecule has 2 heterocycles. The molecule has 3 rings (SSSR count). The van der Waals surface area contributed by atoms with Crippen LogP contribution in [0.1, 0.15) is 16.9 Å². The number of amides is 1. The van der Waals surface area contributed by atoms with E-state index in [0.717, 1.165) is 0 Å². The number of pyridine rings is 1. The molecule has 8 heteroatoms. The minimum atomic E-state index is -2.96. The lowest BCUT2D eigenvalue weighted by Gasteiger charge is -2.13. The van der Waals surface area contributed by atoms with Crippen molar-refractivity contribution in [3.63, 3.8) is 0 Å². The molecule has 0 aliphatic carbocycles. The Labute approximate surface area is 146 Å². The lowest BCUT2D eigenvalue weighted by atomic mass is 10.2. The molecule has 25 heavy (non-hydrogen) atoms. The molecule has 1 unspecified atom stereocenters. The highest BCUT2D eigenvalue weighted by Gasteiger charge is 2.27. The first-order valence-corrected chi connectivity index (χ1v) is 9.66. The normalized spacial score (nSPS) is 18.5. The van der Waals surface area contributed by atoms with Gasteiger partial charge in [-0.2, -0.15) is 0 Å². The topological polar surface area (TPSA) is 97.4 Å². The zero-order valence-electron chi connectivity index (χ0n) is 13.7. The second kappa shape index (κ2) is 7.10. The van der Waals surface area contributed by atoms with Crippen LogP contribution in [-0.2, 0) is 9.84 Å². The van der Waals surface area contributed by atoms with E-state index in [-0.39, 0.29) is 29.1 Å². The number of nitrogens with one attached hydrogen (secondary N) is 2. The molecule has 1 aromatic carbocycles. The van der Waals surface area contributed by atoms with Gasteiger partial charge in [0.1, 0.15) is 11.4 Å². The van der Waals surface area contributed by atoms with E-state index in [1.165, 1.54) is 13.3 Å². The van der Waals surface area contributed by atoms with Gasteiger partial charge < -0.3 is 15.4 Å². The van der Waals surface area contributed by atoms with Crippen molar-refractivity contribution in [2.45, 2.75) is 12.5 Å². The number of carbonyl (C=O) groups is 1. The van der Waals surface area contributed by atoms with Crippen LogP contribution in [0.5, 0.6) is 5.75 Å². The van der Waals surface area contributed by atoms with Crippen LogP contribution in [0.25, 0.3) is 0 Å². The van der Waals surface area contributed by atoms with Gasteiger partial charge in [0.15, 0.2) is 9.84 Å². The predicted molar refractivity (Wildman–Crippen MR) is 95.9 cm³/mol. The first kappa shape index (κ1) is 17.2. The van der Waals surface area contributed by atoms with Gasteiger partial charge >= 0.3 is 0 Å². The van der Waals surface area contributed by atoms with E-state index in [9.17, 15) is 13.2 Å². The minimum Gasteiger partial charge on any atom is -0.495 e. The fourth-order valence-electron chi connectivity index (χ4n) is 2.72. The molecule has 1 atom stereocenters. The fraction of sp³-hybridized carbons (Fsp3) is 0.294. The Morgan fingerprint density at radius 1 is 1.28 bits per heavy atom. The molecule has 0 saturated carbocycles. The van der Waals surface area contributed by atoms with E-state index in [2.05, 4.69) is 15.6 Å². The number of hydrogen-bond donors (Lipinski definition) is 2. The summed E-state index contributed by atoms with van der Waals surface area (Å²) in [7, 11) is -1.43. The van der Waals surface area contributed by atoms with Crippen LogP contribution in [0, 0.1) is 0 Å². The summed E-state index contributed by atoms with van der Waals surface area (Å²) in [6.07, 6.45) is 2.08. The van der Waals surface area contributed by atoms with Crippen LogP contribution < -0.4 is 15.4 Å². The van der Waals surface area contributed by atoms with Gasteiger partial charge in [0.25, 0.3) is 5.91 Å². The number of para-hydroxylation sites is 2. The van der Waals surface area contributed by atoms with Crippen molar-refractivity contribution in [2.24, 2.45) is 0 Å². The average molecular weight is 361 g/mol. The summed E-state index contributed by atoms with van der Waals surface area (Å²) in [5.41, 5.74) is 1.45. The van der Waals surface area contributed by atoms with Crippen LogP contribution in [0.4, 0.5) is 11.4 Å². The number of anilines is 2. The summed E-state index contributed by atoms with van der Waals surface area (Å²) in [6.45, 7) is 0. The molecule has 0 radical (unpaired) electrons. The number of ether oxygens (including phenoxy) is 1. The summed E-state index contributed by atoms with van der Waals surface area (Å²) in [4.78, 5) is 16.5. The molecule has 1 saturated heterocycles. The Balaban J connectivity index is 1.71. The Hall–Kier alpha value is -2.61. The van der Waals surface area contributed by atoms with Gasteiger partial charge in [-0.05, 0) is 30.7 Å². The standard InChI is InChI=1S/C17H19N3O4S/c1-24-16-5-3-2-4-14(16)20-17(21)15-10-12(6-8-18-15)19-13-7-9-25(22,23)11-13/h2-6,8,10,13H,7,9,11H2,1H3,(H,18,19)(H,20,21). The maximum absolute atomic E-state index is 12.4. The monoisotopic (exact) mass is 361 g/mol. The van der Waals surface area contributed by atoms with Crippen LogP contribution in [0.15, 0.2) is 42.6 Å². The largest absolute Gasteiger partial charge is 0.495 e. The quantitative estimate of drug-likeness (QED) is 0.845. The Bertz CT molecular complexity index is 883. The van der Waals surface area contributed by atoms with Crippen molar-refractivity contribution in [1.29, 1.82) is 0 Å². The van der Waals surface area contributed by atoms with Gasteiger partial charge in [-0.25, -0.2) is 8.42 Å². The van der Waals surface area contributed by atoms with Gasteiger partial charge in [-0.15, -0.1) is 0 Å². The second-order valence-electron chi connectivity index (χ2n) is 5.83. The van der Waals surface area contributed by atoms with Gasteiger partial charge in [-0.1, -0.05) is 12.1 Å². The molecule has 2 N–H and O–H groups in total. The number of nitrogens with zero attached hydrogens (tertiary/aromatic N) is 1. The number of hydrogen-bond acceptors (Lipinski definition) is 6. The van der Waals surface area contributed by atoms with Crippen LogP contribution >= 0.6 is 0 Å². The molecule has 1 aliphatic rings. The van der Waals surface area contributed by atoms with Crippen molar-refractivity contribution in [3.05, 3.63) is 48.3 Å². The third-order valence-corrected chi connectivity index (χ3v) is 5.72. The van der Waals surface area contributed by atoms with Crippen LogP contribution in [0.2, 0.25) is 0 Å². The number of aromatic nitrogens is 1. The molecule has 2 aromatic rings. The van der Waals surface area contributed by atoms with Crippen LogP contribution in [0.3, 0.4) is 0 Å². The minimum absolute atomic E-state index is 0.109. The second-order valence-corrected chi connectivity index (χ2v) is 8.06. The molecule has 1 fully saturated rings. The maximum atomic E-state index is 12.4. The third kappa shape index (κ3) is 4.27. The van der Waals surface area contributed by atoms with Gasteiger partial charge in [0, 0.05) is 17.9 Å². The Morgan fingerprint density at radius 2 is 2.08 bits per heavy atom. The zero-order chi connectivity index (χ0) is 17.9. The number of carbonyl (C=O) groups excluding carboxylic acids is 1. The van der Waals surface area contributed by atoms with E-state index >= 15 is 0 Å². The summed E-state index contributed by atoms with van der Waals surface area (Å²) in [5.74, 6) is 0.489. The van der Waals surface area contributed by atoms with Crippen molar-refractivity contribution in [3.8, 4) is 5.75 Å². The Morgan fingerprint density at radius 3 is 2.80 bits per heavy atom.